The summed E-state index contributed by atoms with van der Waals surface area (Å²) in [5, 5.41) is 0. The number of amides is 2. The number of likely N-dealkylation sites (tertiary alicyclic amines) is 1. The number of esters is 1. The maximum atomic E-state index is 12.9. The Balaban J connectivity index is 2.14. The first-order valence-corrected chi connectivity index (χ1v) is 11.7. The first-order valence-electron chi connectivity index (χ1n) is 10.3. The van der Waals surface area contributed by atoms with Gasteiger partial charge in [0.25, 0.3) is 5.91 Å². The number of sulfonamides is 1. The molecule has 10 heteroatoms. The average Bonchev–Trinajstić information content (AvgIpc) is 2.74. The first kappa shape index (κ1) is 24.8. The summed E-state index contributed by atoms with van der Waals surface area (Å²) in [5.41, 5.74) is 1.41. The van der Waals surface area contributed by atoms with E-state index in [4.69, 9.17) is 4.74 Å². The highest BCUT2D eigenvalue weighted by Crippen LogP contribution is 2.22. The van der Waals surface area contributed by atoms with Gasteiger partial charge in [0.15, 0.2) is 0 Å². The van der Waals surface area contributed by atoms with Gasteiger partial charge < -0.3 is 14.5 Å². The molecule has 172 valence electrons. The van der Waals surface area contributed by atoms with Gasteiger partial charge in [-0.2, -0.15) is 0 Å². The minimum atomic E-state index is -3.73. The van der Waals surface area contributed by atoms with Crippen molar-refractivity contribution in [2.45, 2.75) is 38.5 Å². The maximum Gasteiger partial charge on any atom is 0.310 e. The molecule has 1 atom stereocenters. The van der Waals surface area contributed by atoms with E-state index >= 15 is 0 Å². The second-order valence-electron chi connectivity index (χ2n) is 7.72. The molecule has 0 aromatic heterocycles. The van der Waals surface area contributed by atoms with Crippen molar-refractivity contribution in [2.24, 2.45) is 5.92 Å². The van der Waals surface area contributed by atoms with Gasteiger partial charge in [0.2, 0.25) is 15.9 Å². The molecule has 1 aliphatic heterocycles. The molecule has 1 aromatic carbocycles. The normalized spacial score (nSPS) is 16.7. The highest BCUT2D eigenvalue weighted by atomic mass is 32.2. The topological polar surface area (TPSA) is 113 Å². The zero-order chi connectivity index (χ0) is 23.3. The predicted octanol–water partition coefficient (Wildman–Crippen LogP) is 1.09. The van der Waals surface area contributed by atoms with Gasteiger partial charge in [0, 0.05) is 25.7 Å². The van der Waals surface area contributed by atoms with Crippen LogP contribution in [-0.2, 0) is 24.3 Å². The molecule has 31 heavy (non-hydrogen) atoms. The number of nitrogens with zero attached hydrogens (tertiary/aromatic N) is 2. The molecule has 2 rings (SSSR count). The quantitative estimate of drug-likeness (QED) is 0.618. The van der Waals surface area contributed by atoms with E-state index in [0.717, 1.165) is 0 Å². The van der Waals surface area contributed by atoms with Crippen LogP contribution in [0.5, 0.6) is 0 Å². The smallest absolute Gasteiger partial charge is 0.310 e. The summed E-state index contributed by atoms with van der Waals surface area (Å²) in [5.74, 6) is -1.38. The van der Waals surface area contributed by atoms with Gasteiger partial charge in [-0.3, -0.25) is 14.4 Å². The number of likely N-dealkylation sites (N-methyl/N-ethyl adjacent to an activating group) is 1. The van der Waals surface area contributed by atoms with Crippen molar-refractivity contribution < 1.29 is 27.5 Å². The molecule has 0 bridgehead atoms. The zero-order valence-electron chi connectivity index (χ0n) is 18.7. The maximum absolute atomic E-state index is 12.9. The van der Waals surface area contributed by atoms with Gasteiger partial charge in [-0.15, -0.1) is 0 Å². The molecule has 1 saturated heterocycles. The first-order chi connectivity index (χ1) is 14.5. The van der Waals surface area contributed by atoms with Gasteiger partial charge in [0.1, 0.15) is 0 Å². The number of ether oxygens (including phenoxy) is 1. The summed E-state index contributed by atoms with van der Waals surface area (Å²) in [6.45, 7) is 6.06. The SMILES string of the molecule is CCOC(=O)C1CCCN(C(=O)CN(C)C(=O)c2cc(C)c(C)c(S(=O)(=O)NC)c2)C1. The van der Waals surface area contributed by atoms with E-state index < -0.39 is 15.9 Å². The van der Waals surface area contributed by atoms with E-state index in [-0.39, 0.29) is 41.3 Å². The Hall–Kier alpha value is -2.46. The molecule has 1 N–H and O–H groups in total. The molecular weight excluding hydrogens is 422 g/mol. The Bertz CT molecular complexity index is 960. The van der Waals surface area contributed by atoms with E-state index in [0.29, 0.717) is 37.1 Å². The number of rotatable bonds is 7. The minimum absolute atomic E-state index is 0.0337. The lowest BCUT2D eigenvalue weighted by Crippen LogP contribution is -2.47. The molecule has 0 spiro atoms. The van der Waals surface area contributed by atoms with Crippen molar-refractivity contribution in [3.8, 4) is 0 Å². The van der Waals surface area contributed by atoms with E-state index in [1.54, 1.807) is 31.7 Å². The monoisotopic (exact) mass is 453 g/mol. The number of piperidine rings is 1. The number of aryl methyl sites for hydroxylation is 1. The fourth-order valence-electron chi connectivity index (χ4n) is 3.59. The number of hydrogen-bond acceptors (Lipinski definition) is 6. The molecule has 1 heterocycles. The third-order valence-electron chi connectivity index (χ3n) is 5.54. The molecule has 0 aliphatic carbocycles. The Labute approximate surface area is 183 Å². The van der Waals surface area contributed by atoms with Crippen LogP contribution >= 0.6 is 0 Å². The van der Waals surface area contributed by atoms with E-state index in [1.165, 1.54) is 25.1 Å². The van der Waals surface area contributed by atoms with Crippen molar-refractivity contribution in [3.63, 3.8) is 0 Å². The molecule has 1 unspecified atom stereocenters. The van der Waals surface area contributed by atoms with Gasteiger partial charge in [0.05, 0.1) is 24.0 Å². The van der Waals surface area contributed by atoms with Crippen LogP contribution in [0.4, 0.5) is 0 Å². The Morgan fingerprint density at radius 3 is 2.55 bits per heavy atom. The molecule has 1 aliphatic rings. The summed E-state index contributed by atoms with van der Waals surface area (Å²) in [4.78, 5) is 40.5. The lowest BCUT2D eigenvalue weighted by atomic mass is 9.98. The Kier molecular flexibility index (Phi) is 8.19. The average molecular weight is 454 g/mol. The van der Waals surface area contributed by atoms with Crippen molar-refractivity contribution >= 4 is 27.8 Å². The van der Waals surface area contributed by atoms with Gasteiger partial charge >= 0.3 is 5.97 Å². The van der Waals surface area contributed by atoms with Crippen LogP contribution in [-0.4, -0.2) is 76.3 Å². The van der Waals surface area contributed by atoms with Gasteiger partial charge in [-0.1, -0.05) is 0 Å². The minimum Gasteiger partial charge on any atom is -0.466 e. The summed E-state index contributed by atoms with van der Waals surface area (Å²) in [6, 6.07) is 2.94. The second kappa shape index (κ2) is 10.2. The molecule has 0 radical (unpaired) electrons. The Morgan fingerprint density at radius 2 is 1.94 bits per heavy atom. The van der Waals surface area contributed by atoms with Crippen molar-refractivity contribution in [1.29, 1.82) is 0 Å². The number of carbonyl (C=O) groups excluding carboxylic acids is 3. The van der Waals surface area contributed by atoms with Crippen molar-refractivity contribution in [2.75, 3.05) is 40.3 Å². The third kappa shape index (κ3) is 5.82. The fourth-order valence-corrected chi connectivity index (χ4v) is 4.66. The molecule has 1 aromatic rings. The summed E-state index contributed by atoms with van der Waals surface area (Å²) in [6.07, 6.45) is 1.36. The largest absolute Gasteiger partial charge is 0.466 e. The summed E-state index contributed by atoms with van der Waals surface area (Å²) in [7, 11) is -0.927. The highest BCUT2D eigenvalue weighted by molar-refractivity contribution is 7.89. The van der Waals surface area contributed by atoms with Crippen LogP contribution in [0.2, 0.25) is 0 Å². The number of hydrogen-bond donors (Lipinski definition) is 1. The summed E-state index contributed by atoms with van der Waals surface area (Å²) >= 11 is 0. The predicted molar refractivity (Wildman–Crippen MR) is 115 cm³/mol. The van der Waals surface area contributed by atoms with Crippen LogP contribution in [0.3, 0.4) is 0 Å². The van der Waals surface area contributed by atoms with E-state index in [2.05, 4.69) is 4.72 Å². The fraction of sp³-hybridized carbons (Fsp3) is 0.571. The number of nitrogens with one attached hydrogen (secondary N) is 1. The van der Waals surface area contributed by atoms with E-state index in [1.807, 2.05) is 0 Å². The molecule has 9 nitrogen and oxygen atoms in total. The van der Waals surface area contributed by atoms with Gasteiger partial charge in [-0.05, 0) is 63.9 Å². The molecule has 0 saturated carbocycles. The van der Waals surface area contributed by atoms with Crippen LogP contribution in [0.25, 0.3) is 0 Å². The van der Waals surface area contributed by atoms with Crippen molar-refractivity contribution in [3.05, 3.63) is 28.8 Å². The summed E-state index contributed by atoms with van der Waals surface area (Å²) < 4.78 is 31.9. The number of carbonyl (C=O) groups is 3. The molecular formula is C21H31N3O6S. The zero-order valence-corrected chi connectivity index (χ0v) is 19.5. The van der Waals surface area contributed by atoms with Gasteiger partial charge in [-0.25, -0.2) is 13.1 Å². The second-order valence-corrected chi connectivity index (χ2v) is 9.57. The molecule has 1 fully saturated rings. The third-order valence-corrected chi connectivity index (χ3v) is 7.08. The standard InChI is InChI=1S/C21H31N3O6S/c1-6-30-21(27)16-8-7-9-24(12-16)19(25)13-23(5)20(26)17-10-14(2)15(3)18(11-17)31(28,29)22-4/h10-11,16,22H,6-9,12-13H2,1-5H3. The van der Waals surface area contributed by atoms with Crippen LogP contribution in [0.1, 0.15) is 41.3 Å². The number of benzene rings is 1. The van der Waals surface area contributed by atoms with Crippen LogP contribution < -0.4 is 4.72 Å². The van der Waals surface area contributed by atoms with Crippen molar-refractivity contribution in [1.82, 2.24) is 14.5 Å². The van der Waals surface area contributed by atoms with Crippen LogP contribution in [0, 0.1) is 19.8 Å². The highest BCUT2D eigenvalue weighted by Gasteiger charge is 2.30. The van der Waals surface area contributed by atoms with E-state index in [9.17, 15) is 22.8 Å². The molecule has 2 amide bonds. The van der Waals surface area contributed by atoms with Crippen LogP contribution in [0.15, 0.2) is 17.0 Å². The lowest BCUT2D eigenvalue weighted by molar-refractivity contribution is -0.151. The Morgan fingerprint density at radius 1 is 1.26 bits per heavy atom. The lowest BCUT2D eigenvalue weighted by Gasteiger charge is -2.32.